The zero-order valence-electron chi connectivity index (χ0n) is 17.5. The molecule has 4 aromatic rings. The molecule has 0 unspecified atom stereocenters. The number of hydrogen-bond acceptors (Lipinski definition) is 2. The van der Waals surface area contributed by atoms with Crippen LogP contribution in [0.3, 0.4) is 0 Å². The predicted octanol–water partition coefficient (Wildman–Crippen LogP) is 5.28. The average Bonchev–Trinajstić information content (AvgIpc) is 3.31. The van der Waals surface area contributed by atoms with Gasteiger partial charge in [-0.2, -0.15) is 0 Å². The van der Waals surface area contributed by atoms with E-state index in [2.05, 4.69) is 51.3 Å². The van der Waals surface area contributed by atoms with Crippen LogP contribution in [0.4, 0.5) is 0 Å². The SMILES string of the molecule is O=C(CC(c1ccccc1)c1ccccc1)NCCCn1ccnc1-c1ccccc1. The van der Waals surface area contributed by atoms with Crippen molar-refractivity contribution in [1.82, 2.24) is 14.9 Å². The van der Waals surface area contributed by atoms with Gasteiger partial charge in [-0.25, -0.2) is 4.98 Å². The second-order valence-electron chi connectivity index (χ2n) is 7.59. The van der Waals surface area contributed by atoms with Gasteiger partial charge >= 0.3 is 0 Å². The minimum absolute atomic E-state index is 0.0562. The third kappa shape index (κ3) is 5.48. The van der Waals surface area contributed by atoms with Crippen LogP contribution in [0, 0.1) is 0 Å². The van der Waals surface area contributed by atoms with Crippen molar-refractivity contribution in [2.75, 3.05) is 6.54 Å². The topological polar surface area (TPSA) is 46.9 Å². The van der Waals surface area contributed by atoms with Crippen molar-refractivity contribution in [3.8, 4) is 11.4 Å². The van der Waals surface area contributed by atoms with Gasteiger partial charge < -0.3 is 9.88 Å². The highest BCUT2D eigenvalue weighted by atomic mass is 16.1. The first-order valence-corrected chi connectivity index (χ1v) is 10.7. The summed E-state index contributed by atoms with van der Waals surface area (Å²) in [4.78, 5) is 17.2. The van der Waals surface area contributed by atoms with E-state index in [0.717, 1.165) is 35.5 Å². The van der Waals surface area contributed by atoms with Gasteiger partial charge in [0.05, 0.1) is 0 Å². The summed E-state index contributed by atoms with van der Waals surface area (Å²) in [5.41, 5.74) is 3.43. The molecule has 1 N–H and O–H groups in total. The molecule has 0 aliphatic heterocycles. The first-order chi connectivity index (χ1) is 15.3. The summed E-state index contributed by atoms with van der Waals surface area (Å²) in [6, 6.07) is 30.7. The Morgan fingerprint density at radius 3 is 2.03 bits per heavy atom. The quantitative estimate of drug-likeness (QED) is 0.382. The van der Waals surface area contributed by atoms with E-state index in [1.54, 1.807) is 0 Å². The molecule has 0 spiro atoms. The molecule has 1 heterocycles. The second-order valence-corrected chi connectivity index (χ2v) is 7.59. The standard InChI is InChI=1S/C27H27N3O/c31-26(21-25(22-11-4-1-5-12-22)23-13-6-2-7-14-23)28-17-10-19-30-20-18-29-27(30)24-15-8-3-9-16-24/h1-9,11-16,18,20,25H,10,17,19,21H2,(H,28,31). The van der Waals surface area contributed by atoms with Crippen LogP contribution in [-0.4, -0.2) is 22.0 Å². The lowest BCUT2D eigenvalue weighted by molar-refractivity contribution is -0.121. The number of carbonyl (C=O) groups is 1. The van der Waals surface area contributed by atoms with Crippen molar-refractivity contribution >= 4 is 5.91 Å². The number of carbonyl (C=O) groups excluding carboxylic acids is 1. The minimum atomic E-state index is 0.0562. The third-order valence-corrected chi connectivity index (χ3v) is 5.44. The van der Waals surface area contributed by atoms with Crippen LogP contribution in [0.2, 0.25) is 0 Å². The van der Waals surface area contributed by atoms with E-state index in [1.807, 2.05) is 67.0 Å². The van der Waals surface area contributed by atoms with Crippen LogP contribution >= 0.6 is 0 Å². The Labute approximate surface area is 183 Å². The molecular weight excluding hydrogens is 382 g/mol. The maximum atomic E-state index is 12.7. The number of rotatable bonds is 9. The lowest BCUT2D eigenvalue weighted by Gasteiger charge is -2.18. The summed E-state index contributed by atoms with van der Waals surface area (Å²) >= 11 is 0. The van der Waals surface area contributed by atoms with Gasteiger partial charge in [0.2, 0.25) is 5.91 Å². The van der Waals surface area contributed by atoms with E-state index >= 15 is 0 Å². The summed E-state index contributed by atoms with van der Waals surface area (Å²) in [5.74, 6) is 1.09. The van der Waals surface area contributed by atoms with Crippen molar-refractivity contribution in [3.05, 3.63) is 115 Å². The van der Waals surface area contributed by atoms with Crippen LogP contribution < -0.4 is 5.32 Å². The monoisotopic (exact) mass is 409 g/mol. The van der Waals surface area contributed by atoms with Gasteiger partial charge in [0.1, 0.15) is 5.82 Å². The number of imidazole rings is 1. The van der Waals surface area contributed by atoms with Crippen molar-refractivity contribution in [2.45, 2.75) is 25.3 Å². The van der Waals surface area contributed by atoms with E-state index < -0.39 is 0 Å². The highest BCUT2D eigenvalue weighted by Crippen LogP contribution is 2.27. The number of aromatic nitrogens is 2. The van der Waals surface area contributed by atoms with Gasteiger partial charge in [-0.3, -0.25) is 4.79 Å². The Bertz CT molecular complexity index is 1040. The molecule has 1 amide bonds. The molecule has 0 bridgehead atoms. The third-order valence-electron chi connectivity index (χ3n) is 5.44. The number of benzene rings is 3. The molecule has 0 saturated carbocycles. The molecule has 0 radical (unpaired) electrons. The van der Waals surface area contributed by atoms with E-state index in [1.165, 1.54) is 0 Å². The van der Waals surface area contributed by atoms with Gasteiger partial charge in [-0.05, 0) is 17.5 Å². The smallest absolute Gasteiger partial charge is 0.220 e. The highest BCUT2D eigenvalue weighted by molar-refractivity contribution is 5.77. The van der Waals surface area contributed by atoms with Crippen LogP contribution in [0.5, 0.6) is 0 Å². The molecule has 0 aliphatic rings. The first kappa shape index (κ1) is 20.6. The van der Waals surface area contributed by atoms with Gasteiger partial charge in [-0.1, -0.05) is 91.0 Å². The number of nitrogens with zero attached hydrogens (tertiary/aromatic N) is 2. The average molecular weight is 410 g/mol. The maximum Gasteiger partial charge on any atom is 0.220 e. The summed E-state index contributed by atoms with van der Waals surface area (Å²) in [5, 5.41) is 3.10. The maximum absolute atomic E-state index is 12.7. The molecule has 4 nitrogen and oxygen atoms in total. The lowest BCUT2D eigenvalue weighted by atomic mass is 9.88. The van der Waals surface area contributed by atoms with Crippen molar-refractivity contribution in [3.63, 3.8) is 0 Å². The van der Waals surface area contributed by atoms with Crippen molar-refractivity contribution < 1.29 is 4.79 Å². The van der Waals surface area contributed by atoms with E-state index in [4.69, 9.17) is 0 Å². The van der Waals surface area contributed by atoms with E-state index in [0.29, 0.717) is 13.0 Å². The number of nitrogens with one attached hydrogen (secondary N) is 1. The fourth-order valence-corrected chi connectivity index (χ4v) is 3.87. The fourth-order valence-electron chi connectivity index (χ4n) is 3.87. The Kier molecular flexibility index (Phi) is 6.91. The fraction of sp³-hybridized carbons (Fsp3) is 0.185. The molecule has 1 aromatic heterocycles. The normalized spacial score (nSPS) is 10.9. The molecule has 4 rings (SSSR count). The van der Waals surface area contributed by atoms with Crippen molar-refractivity contribution in [2.24, 2.45) is 0 Å². The van der Waals surface area contributed by atoms with E-state index in [9.17, 15) is 4.79 Å². The van der Waals surface area contributed by atoms with E-state index in [-0.39, 0.29) is 11.8 Å². The van der Waals surface area contributed by atoms with Crippen LogP contribution in [0.25, 0.3) is 11.4 Å². The molecular formula is C27H27N3O. The minimum Gasteiger partial charge on any atom is -0.356 e. The van der Waals surface area contributed by atoms with Gasteiger partial charge in [0.15, 0.2) is 0 Å². The molecule has 0 saturated heterocycles. The van der Waals surface area contributed by atoms with Crippen LogP contribution in [0.1, 0.15) is 29.9 Å². The largest absolute Gasteiger partial charge is 0.356 e. The van der Waals surface area contributed by atoms with Crippen LogP contribution in [0.15, 0.2) is 103 Å². The summed E-state index contributed by atoms with van der Waals surface area (Å²) in [6.07, 6.45) is 5.11. The van der Waals surface area contributed by atoms with Gasteiger partial charge in [0, 0.05) is 43.4 Å². The molecule has 0 fully saturated rings. The van der Waals surface area contributed by atoms with Gasteiger partial charge in [-0.15, -0.1) is 0 Å². The number of hydrogen-bond donors (Lipinski definition) is 1. The summed E-state index contributed by atoms with van der Waals surface area (Å²) in [6.45, 7) is 1.45. The molecule has 156 valence electrons. The Balaban J connectivity index is 1.32. The second kappa shape index (κ2) is 10.4. The summed E-state index contributed by atoms with van der Waals surface area (Å²) in [7, 11) is 0. The number of aryl methyl sites for hydroxylation is 1. The molecule has 31 heavy (non-hydrogen) atoms. The first-order valence-electron chi connectivity index (χ1n) is 10.7. The van der Waals surface area contributed by atoms with Crippen molar-refractivity contribution in [1.29, 1.82) is 0 Å². The Hall–Kier alpha value is -3.66. The zero-order valence-corrected chi connectivity index (χ0v) is 17.5. The molecule has 4 heteroatoms. The molecule has 0 atom stereocenters. The molecule has 0 aliphatic carbocycles. The Morgan fingerprint density at radius 2 is 1.42 bits per heavy atom. The zero-order chi connectivity index (χ0) is 21.3. The lowest BCUT2D eigenvalue weighted by Crippen LogP contribution is -2.27. The number of amides is 1. The summed E-state index contributed by atoms with van der Waals surface area (Å²) < 4.78 is 2.14. The van der Waals surface area contributed by atoms with Crippen LogP contribution in [-0.2, 0) is 11.3 Å². The predicted molar refractivity (Wildman–Crippen MR) is 125 cm³/mol. The Morgan fingerprint density at radius 1 is 0.839 bits per heavy atom. The molecule has 3 aromatic carbocycles. The van der Waals surface area contributed by atoms with Gasteiger partial charge in [0.25, 0.3) is 0 Å². The highest BCUT2D eigenvalue weighted by Gasteiger charge is 2.17.